The number of aliphatic hydroxyl groups excluding tert-OH is 1. The largest absolute Gasteiger partial charge is 0.478 e. The number of rotatable bonds is 7. The Bertz CT molecular complexity index is 653. The second-order valence-electron chi connectivity index (χ2n) is 5.36. The number of hydrogen-bond donors (Lipinski definition) is 4. The first kappa shape index (κ1) is 15.7. The third kappa shape index (κ3) is 3.52. The average Bonchev–Trinajstić information content (AvgIpc) is 3.17. The van der Waals surface area contributed by atoms with Crippen molar-refractivity contribution in [1.82, 2.24) is 4.72 Å². The molecule has 0 saturated heterocycles. The van der Waals surface area contributed by atoms with E-state index in [0.29, 0.717) is 6.42 Å². The Kier molecular flexibility index (Phi) is 4.22. The summed E-state index contributed by atoms with van der Waals surface area (Å²) in [4.78, 5) is 10.9. The summed E-state index contributed by atoms with van der Waals surface area (Å²) in [6.45, 7) is 0.198. The fraction of sp³-hybridized carbons (Fsp3) is 0.462. The van der Waals surface area contributed by atoms with Crippen LogP contribution in [0.15, 0.2) is 23.1 Å². The Labute approximate surface area is 122 Å². The molecule has 5 N–H and O–H groups in total. The van der Waals surface area contributed by atoms with E-state index in [1.54, 1.807) is 0 Å². The van der Waals surface area contributed by atoms with Gasteiger partial charge < -0.3 is 15.9 Å². The SMILES string of the molecule is Nc1ccc(S(=O)(=O)NCC2(CCO)CC2)c(C(=O)O)c1. The van der Waals surface area contributed by atoms with E-state index in [4.69, 9.17) is 15.9 Å². The molecule has 116 valence electrons. The molecule has 0 spiro atoms. The molecule has 1 aromatic rings. The van der Waals surface area contributed by atoms with Crippen molar-refractivity contribution in [3.05, 3.63) is 23.8 Å². The van der Waals surface area contributed by atoms with E-state index in [-0.39, 0.29) is 34.7 Å². The fourth-order valence-corrected chi connectivity index (χ4v) is 3.54. The van der Waals surface area contributed by atoms with Crippen molar-refractivity contribution in [2.45, 2.75) is 24.2 Å². The monoisotopic (exact) mass is 314 g/mol. The van der Waals surface area contributed by atoms with E-state index in [0.717, 1.165) is 18.9 Å². The molecule has 21 heavy (non-hydrogen) atoms. The molecule has 0 bridgehead atoms. The van der Waals surface area contributed by atoms with Crippen LogP contribution in [0.2, 0.25) is 0 Å². The molecule has 0 aliphatic heterocycles. The average molecular weight is 314 g/mol. The van der Waals surface area contributed by atoms with Gasteiger partial charge in [0, 0.05) is 18.8 Å². The summed E-state index contributed by atoms with van der Waals surface area (Å²) in [5.74, 6) is -1.35. The predicted molar refractivity (Wildman–Crippen MR) is 76.4 cm³/mol. The summed E-state index contributed by atoms with van der Waals surface area (Å²) in [6.07, 6.45) is 2.23. The van der Waals surface area contributed by atoms with Crippen LogP contribution in [0.3, 0.4) is 0 Å². The van der Waals surface area contributed by atoms with Crippen molar-refractivity contribution in [2.75, 3.05) is 18.9 Å². The lowest BCUT2D eigenvalue weighted by Gasteiger charge is -2.15. The number of nitrogen functional groups attached to an aromatic ring is 1. The molecule has 0 unspecified atom stereocenters. The zero-order chi connectivity index (χ0) is 15.7. The number of anilines is 1. The molecule has 1 saturated carbocycles. The zero-order valence-corrected chi connectivity index (χ0v) is 12.2. The molecule has 1 aliphatic carbocycles. The Morgan fingerprint density at radius 1 is 1.38 bits per heavy atom. The van der Waals surface area contributed by atoms with Crippen molar-refractivity contribution in [3.8, 4) is 0 Å². The highest BCUT2D eigenvalue weighted by Gasteiger charge is 2.42. The van der Waals surface area contributed by atoms with Crippen LogP contribution in [0, 0.1) is 5.41 Å². The van der Waals surface area contributed by atoms with E-state index >= 15 is 0 Å². The number of carbonyl (C=O) groups is 1. The lowest BCUT2D eigenvalue weighted by atomic mass is 10.0. The van der Waals surface area contributed by atoms with E-state index in [2.05, 4.69) is 4.72 Å². The second kappa shape index (κ2) is 5.63. The van der Waals surface area contributed by atoms with Gasteiger partial charge in [-0.1, -0.05) is 0 Å². The van der Waals surface area contributed by atoms with Crippen LogP contribution in [-0.4, -0.2) is 37.8 Å². The quantitative estimate of drug-likeness (QED) is 0.539. The summed E-state index contributed by atoms with van der Waals surface area (Å²) >= 11 is 0. The first-order valence-corrected chi connectivity index (χ1v) is 8.01. The molecular weight excluding hydrogens is 296 g/mol. The van der Waals surface area contributed by atoms with Crippen molar-refractivity contribution in [3.63, 3.8) is 0 Å². The van der Waals surface area contributed by atoms with Gasteiger partial charge in [0.05, 0.1) is 10.5 Å². The predicted octanol–water partition coefficient (Wildman–Crippen LogP) is 0.408. The molecule has 0 heterocycles. The number of benzene rings is 1. The van der Waals surface area contributed by atoms with Crippen molar-refractivity contribution in [1.29, 1.82) is 0 Å². The zero-order valence-electron chi connectivity index (χ0n) is 11.4. The normalized spacial score (nSPS) is 16.6. The number of carboxylic acid groups (broad SMARTS) is 1. The first-order chi connectivity index (χ1) is 9.80. The minimum absolute atomic E-state index is 0.00394. The van der Waals surface area contributed by atoms with Crippen molar-refractivity contribution >= 4 is 21.7 Å². The van der Waals surface area contributed by atoms with E-state index in [1.807, 2.05) is 0 Å². The number of nitrogens with one attached hydrogen (secondary N) is 1. The fourth-order valence-electron chi connectivity index (χ4n) is 2.20. The number of carboxylic acids is 1. The Hall–Kier alpha value is -1.64. The molecule has 1 aromatic carbocycles. The van der Waals surface area contributed by atoms with Gasteiger partial charge in [0.25, 0.3) is 0 Å². The molecular formula is C13H18N2O5S. The molecule has 0 amide bonds. The summed E-state index contributed by atoms with van der Waals surface area (Å²) in [6, 6.07) is 3.66. The number of hydrogen-bond acceptors (Lipinski definition) is 5. The van der Waals surface area contributed by atoms with Gasteiger partial charge >= 0.3 is 5.97 Å². The molecule has 1 fully saturated rings. The smallest absolute Gasteiger partial charge is 0.337 e. The number of aromatic carboxylic acids is 1. The molecule has 7 nitrogen and oxygen atoms in total. The van der Waals surface area contributed by atoms with Gasteiger partial charge in [-0.25, -0.2) is 17.9 Å². The maximum atomic E-state index is 12.3. The van der Waals surface area contributed by atoms with Gasteiger partial charge in [-0.05, 0) is 42.9 Å². The van der Waals surface area contributed by atoms with Crippen LogP contribution in [0.25, 0.3) is 0 Å². The van der Waals surface area contributed by atoms with E-state index in [9.17, 15) is 13.2 Å². The molecule has 0 aromatic heterocycles. The highest BCUT2D eigenvalue weighted by Crippen LogP contribution is 2.48. The Balaban J connectivity index is 2.22. The number of aliphatic hydroxyl groups is 1. The standard InChI is InChI=1S/C13H18N2O5S/c14-9-1-2-11(10(7-9)12(17)18)21(19,20)15-8-13(3-4-13)5-6-16/h1-2,7,15-16H,3-6,8,14H2,(H,17,18). The highest BCUT2D eigenvalue weighted by atomic mass is 32.2. The molecule has 2 rings (SSSR count). The molecule has 0 radical (unpaired) electrons. The topological polar surface area (TPSA) is 130 Å². The Morgan fingerprint density at radius 3 is 2.57 bits per heavy atom. The lowest BCUT2D eigenvalue weighted by molar-refractivity contribution is 0.0692. The van der Waals surface area contributed by atoms with Crippen LogP contribution in [0.1, 0.15) is 29.6 Å². The van der Waals surface area contributed by atoms with Gasteiger partial charge in [0.1, 0.15) is 0 Å². The summed E-state index contributed by atoms with van der Waals surface area (Å²) in [5.41, 5.74) is 5.13. The minimum Gasteiger partial charge on any atom is -0.478 e. The third-order valence-corrected chi connectivity index (χ3v) is 5.22. The number of sulfonamides is 1. The number of nitrogens with two attached hydrogens (primary N) is 1. The maximum Gasteiger partial charge on any atom is 0.337 e. The van der Waals surface area contributed by atoms with Crippen LogP contribution < -0.4 is 10.5 Å². The summed E-state index contributed by atoms with van der Waals surface area (Å²) in [7, 11) is -3.93. The molecule has 8 heteroatoms. The van der Waals surface area contributed by atoms with Crippen LogP contribution in [0.5, 0.6) is 0 Å². The third-order valence-electron chi connectivity index (χ3n) is 3.76. The summed E-state index contributed by atoms with van der Waals surface area (Å²) in [5, 5.41) is 18.1. The van der Waals surface area contributed by atoms with Crippen LogP contribution in [0.4, 0.5) is 5.69 Å². The van der Waals surface area contributed by atoms with Gasteiger partial charge in [0.15, 0.2) is 0 Å². The molecule has 0 atom stereocenters. The molecule has 1 aliphatic rings. The van der Waals surface area contributed by atoms with Crippen LogP contribution >= 0.6 is 0 Å². The minimum atomic E-state index is -3.93. The highest BCUT2D eigenvalue weighted by molar-refractivity contribution is 7.89. The van der Waals surface area contributed by atoms with Gasteiger partial charge in [0.2, 0.25) is 10.0 Å². The van der Waals surface area contributed by atoms with Gasteiger partial charge in [-0.3, -0.25) is 0 Å². The lowest BCUT2D eigenvalue weighted by Crippen LogP contribution is -2.31. The Morgan fingerprint density at radius 2 is 2.05 bits per heavy atom. The summed E-state index contributed by atoms with van der Waals surface area (Å²) < 4.78 is 27.0. The van der Waals surface area contributed by atoms with Crippen LogP contribution in [-0.2, 0) is 10.0 Å². The van der Waals surface area contributed by atoms with Crippen molar-refractivity contribution in [2.24, 2.45) is 5.41 Å². The maximum absolute atomic E-state index is 12.3. The van der Waals surface area contributed by atoms with Gasteiger partial charge in [-0.2, -0.15) is 0 Å². The van der Waals surface area contributed by atoms with E-state index < -0.39 is 16.0 Å². The van der Waals surface area contributed by atoms with E-state index in [1.165, 1.54) is 12.1 Å². The van der Waals surface area contributed by atoms with Crippen molar-refractivity contribution < 1.29 is 23.4 Å². The van der Waals surface area contributed by atoms with Gasteiger partial charge in [-0.15, -0.1) is 0 Å². The first-order valence-electron chi connectivity index (χ1n) is 6.53. The second-order valence-corrected chi connectivity index (χ2v) is 7.09.